The molecule has 0 aromatic rings. The highest BCUT2D eigenvalue weighted by molar-refractivity contribution is 5.36. The van der Waals surface area contributed by atoms with E-state index in [1.54, 1.807) is 0 Å². The van der Waals surface area contributed by atoms with Gasteiger partial charge < -0.3 is 0 Å². The second-order valence-corrected chi connectivity index (χ2v) is 2.52. The van der Waals surface area contributed by atoms with E-state index < -0.39 is 0 Å². The summed E-state index contributed by atoms with van der Waals surface area (Å²) in [6.45, 7) is 0. The molecule has 1 aliphatic rings. The van der Waals surface area contributed by atoms with Crippen molar-refractivity contribution in [2.75, 3.05) is 0 Å². The molecule has 0 N–H and O–H groups in total. The topological polar surface area (TPSA) is 58.9 Å². The highest BCUT2D eigenvalue weighted by atomic mass is 16.1. The third-order valence-electron chi connectivity index (χ3n) is 1.80. The van der Waals surface area contributed by atoms with Crippen molar-refractivity contribution in [2.24, 2.45) is 9.98 Å². The highest BCUT2D eigenvalue weighted by Crippen LogP contribution is 2.17. The van der Waals surface area contributed by atoms with Crippen LogP contribution in [-0.4, -0.2) is 24.2 Å². The summed E-state index contributed by atoms with van der Waals surface area (Å²) in [5.74, 6) is 0. The molecular weight excluding hydrogens is 156 g/mol. The van der Waals surface area contributed by atoms with E-state index in [1.165, 1.54) is 12.2 Å². The second-order valence-electron chi connectivity index (χ2n) is 2.52. The van der Waals surface area contributed by atoms with Crippen LogP contribution in [0.2, 0.25) is 0 Å². The summed E-state index contributed by atoms with van der Waals surface area (Å²) >= 11 is 0. The molecule has 0 fully saturated rings. The Morgan fingerprint density at radius 2 is 1.42 bits per heavy atom. The molecule has 12 heavy (non-hydrogen) atoms. The van der Waals surface area contributed by atoms with Crippen LogP contribution in [0.1, 0.15) is 12.8 Å². The molecule has 0 spiro atoms. The molecule has 2 atom stereocenters. The lowest BCUT2D eigenvalue weighted by molar-refractivity contribution is 0.497. The van der Waals surface area contributed by atoms with Crippen LogP contribution < -0.4 is 0 Å². The van der Waals surface area contributed by atoms with E-state index >= 15 is 0 Å². The average molecular weight is 164 g/mol. The molecule has 1 aliphatic carbocycles. The minimum Gasteiger partial charge on any atom is -0.211 e. The molecule has 0 amide bonds. The lowest BCUT2D eigenvalue weighted by atomic mass is 9.97. The van der Waals surface area contributed by atoms with E-state index in [4.69, 9.17) is 0 Å². The van der Waals surface area contributed by atoms with Crippen molar-refractivity contribution in [1.82, 2.24) is 0 Å². The Hall–Kier alpha value is -1.50. The predicted molar refractivity (Wildman–Crippen MR) is 42.2 cm³/mol. The lowest BCUT2D eigenvalue weighted by Crippen LogP contribution is -2.23. The van der Waals surface area contributed by atoms with E-state index in [0.717, 1.165) is 0 Å². The lowest BCUT2D eigenvalue weighted by Gasteiger charge is -2.18. The fourth-order valence-electron chi connectivity index (χ4n) is 1.20. The fourth-order valence-corrected chi connectivity index (χ4v) is 1.20. The number of rotatable bonds is 2. The predicted octanol–water partition coefficient (Wildman–Crippen LogP) is 0.745. The van der Waals surface area contributed by atoms with E-state index in [9.17, 15) is 9.59 Å². The molecule has 4 heteroatoms. The molecule has 0 aliphatic heterocycles. The van der Waals surface area contributed by atoms with Gasteiger partial charge in [-0.05, 0) is 12.8 Å². The first kappa shape index (κ1) is 8.60. The van der Waals surface area contributed by atoms with Gasteiger partial charge in [-0.15, -0.1) is 0 Å². The maximum absolute atomic E-state index is 9.97. The van der Waals surface area contributed by atoms with Gasteiger partial charge in [-0.2, -0.15) is 9.98 Å². The standard InChI is InChI=1S/C8H8N2O2/c11-5-9-7-3-1-2-4-8(7)10-6-12/h1-2,7-8H,3-4H2/t7-,8-/m1/s1. The monoisotopic (exact) mass is 164 g/mol. The smallest absolute Gasteiger partial charge is 0.211 e. The van der Waals surface area contributed by atoms with E-state index in [-0.39, 0.29) is 12.1 Å². The van der Waals surface area contributed by atoms with Crippen molar-refractivity contribution in [2.45, 2.75) is 24.9 Å². The average Bonchev–Trinajstić information content (AvgIpc) is 2.09. The zero-order valence-corrected chi connectivity index (χ0v) is 6.43. The Kier molecular flexibility index (Phi) is 3.15. The zero-order chi connectivity index (χ0) is 8.81. The van der Waals surface area contributed by atoms with Crippen molar-refractivity contribution < 1.29 is 9.59 Å². The van der Waals surface area contributed by atoms with Gasteiger partial charge in [-0.25, -0.2) is 9.59 Å². The minimum atomic E-state index is -0.228. The molecule has 0 unspecified atom stereocenters. The number of aliphatic imine (C=N–C) groups is 2. The van der Waals surface area contributed by atoms with Crippen LogP contribution in [0.15, 0.2) is 22.1 Å². The van der Waals surface area contributed by atoms with Crippen molar-refractivity contribution in [1.29, 1.82) is 0 Å². The summed E-state index contributed by atoms with van der Waals surface area (Å²) < 4.78 is 0. The van der Waals surface area contributed by atoms with Gasteiger partial charge in [0.15, 0.2) is 0 Å². The summed E-state index contributed by atoms with van der Waals surface area (Å²) in [5, 5.41) is 0. The van der Waals surface area contributed by atoms with Gasteiger partial charge in [0, 0.05) is 0 Å². The van der Waals surface area contributed by atoms with Crippen LogP contribution in [0, 0.1) is 0 Å². The third kappa shape index (κ3) is 1.99. The summed E-state index contributed by atoms with van der Waals surface area (Å²) in [5.41, 5.74) is 0. The van der Waals surface area contributed by atoms with Crippen molar-refractivity contribution in [3.05, 3.63) is 12.2 Å². The Bertz CT molecular complexity index is 245. The van der Waals surface area contributed by atoms with Crippen LogP contribution in [-0.2, 0) is 9.59 Å². The number of carbonyl (C=O) groups excluding carboxylic acids is 2. The van der Waals surface area contributed by atoms with Crippen LogP contribution >= 0.6 is 0 Å². The fraction of sp³-hybridized carbons (Fsp3) is 0.500. The molecule has 4 nitrogen and oxygen atoms in total. The maximum Gasteiger partial charge on any atom is 0.235 e. The Morgan fingerprint density at radius 1 is 1.00 bits per heavy atom. The molecular formula is C8H8N2O2. The molecule has 0 aromatic heterocycles. The summed E-state index contributed by atoms with van der Waals surface area (Å²) in [4.78, 5) is 27.0. The third-order valence-corrected chi connectivity index (χ3v) is 1.80. The Balaban J connectivity index is 2.74. The first-order chi connectivity index (χ1) is 5.88. The SMILES string of the molecule is O=C=N[C@@H]1CC=CC[C@H]1N=C=O. The first-order valence-electron chi connectivity index (χ1n) is 3.67. The van der Waals surface area contributed by atoms with E-state index in [1.807, 2.05) is 12.2 Å². The second kappa shape index (κ2) is 4.39. The van der Waals surface area contributed by atoms with Gasteiger partial charge in [0.05, 0.1) is 12.1 Å². The Labute approximate surface area is 69.7 Å². The van der Waals surface area contributed by atoms with E-state index in [0.29, 0.717) is 12.8 Å². The molecule has 1 rings (SSSR count). The summed E-state index contributed by atoms with van der Waals surface area (Å²) in [7, 11) is 0. The van der Waals surface area contributed by atoms with Crippen LogP contribution in [0.25, 0.3) is 0 Å². The normalized spacial score (nSPS) is 27.0. The maximum atomic E-state index is 9.97. The quantitative estimate of drug-likeness (QED) is 0.343. The van der Waals surface area contributed by atoms with Gasteiger partial charge >= 0.3 is 0 Å². The van der Waals surface area contributed by atoms with Crippen molar-refractivity contribution in [3.63, 3.8) is 0 Å². The van der Waals surface area contributed by atoms with Gasteiger partial charge in [0.25, 0.3) is 0 Å². The minimum absolute atomic E-state index is 0.228. The van der Waals surface area contributed by atoms with Gasteiger partial charge in [0.2, 0.25) is 12.2 Å². The zero-order valence-electron chi connectivity index (χ0n) is 6.43. The van der Waals surface area contributed by atoms with Crippen LogP contribution in [0.4, 0.5) is 0 Å². The molecule has 62 valence electrons. The van der Waals surface area contributed by atoms with Gasteiger partial charge in [-0.1, -0.05) is 12.2 Å². The summed E-state index contributed by atoms with van der Waals surface area (Å²) in [6.07, 6.45) is 8.08. The highest BCUT2D eigenvalue weighted by Gasteiger charge is 2.20. The molecule has 0 saturated heterocycles. The Morgan fingerprint density at radius 3 is 1.75 bits per heavy atom. The van der Waals surface area contributed by atoms with Crippen molar-refractivity contribution in [3.8, 4) is 0 Å². The van der Waals surface area contributed by atoms with Gasteiger partial charge in [0.1, 0.15) is 0 Å². The van der Waals surface area contributed by atoms with Gasteiger partial charge in [-0.3, -0.25) is 0 Å². The summed E-state index contributed by atoms with van der Waals surface area (Å²) in [6, 6.07) is -0.456. The molecule has 0 aromatic carbocycles. The van der Waals surface area contributed by atoms with Crippen LogP contribution in [0.3, 0.4) is 0 Å². The van der Waals surface area contributed by atoms with Crippen molar-refractivity contribution >= 4 is 12.2 Å². The first-order valence-corrected chi connectivity index (χ1v) is 3.67. The number of nitrogens with zero attached hydrogens (tertiary/aromatic N) is 2. The van der Waals surface area contributed by atoms with E-state index in [2.05, 4.69) is 9.98 Å². The molecule has 0 radical (unpaired) electrons. The molecule has 0 bridgehead atoms. The molecule has 0 heterocycles. The molecule has 0 saturated carbocycles. The largest absolute Gasteiger partial charge is 0.235 e. The number of hydrogen-bond acceptors (Lipinski definition) is 4. The number of hydrogen-bond donors (Lipinski definition) is 0. The van der Waals surface area contributed by atoms with Crippen LogP contribution in [0.5, 0.6) is 0 Å². The number of isocyanates is 2.